The number of rotatable bonds is 4. The van der Waals surface area contributed by atoms with Gasteiger partial charge in [-0.25, -0.2) is 0 Å². The molecule has 0 saturated carbocycles. The summed E-state index contributed by atoms with van der Waals surface area (Å²) in [6.45, 7) is 7.77. The van der Waals surface area contributed by atoms with Gasteiger partial charge in [-0.2, -0.15) is 0 Å². The Hall–Kier alpha value is -0.450. The standard InChI is InChI=1S/C14H22BrN3/c1-3-4-14-10-18(11(2)6-17-14)9-12-5-13(15)8-16-7-12/h5,7-8,11,14,17H,3-4,6,9-10H2,1-2H3. The van der Waals surface area contributed by atoms with E-state index in [1.807, 2.05) is 12.4 Å². The van der Waals surface area contributed by atoms with Crippen molar-refractivity contribution in [3.8, 4) is 0 Å². The molecule has 18 heavy (non-hydrogen) atoms. The average Bonchev–Trinajstić information content (AvgIpc) is 2.34. The fourth-order valence-electron chi connectivity index (χ4n) is 2.53. The second-order valence-electron chi connectivity index (χ2n) is 5.18. The van der Waals surface area contributed by atoms with E-state index in [1.54, 1.807) is 0 Å². The van der Waals surface area contributed by atoms with Gasteiger partial charge in [-0.05, 0) is 40.9 Å². The summed E-state index contributed by atoms with van der Waals surface area (Å²) in [5, 5.41) is 3.63. The van der Waals surface area contributed by atoms with Crippen molar-refractivity contribution in [3.63, 3.8) is 0 Å². The second-order valence-corrected chi connectivity index (χ2v) is 6.10. The van der Waals surface area contributed by atoms with Gasteiger partial charge in [0.25, 0.3) is 0 Å². The Morgan fingerprint density at radius 2 is 2.33 bits per heavy atom. The van der Waals surface area contributed by atoms with Crippen molar-refractivity contribution >= 4 is 15.9 Å². The highest BCUT2D eigenvalue weighted by molar-refractivity contribution is 9.10. The van der Waals surface area contributed by atoms with Crippen LogP contribution in [0.25, 0.3) is 0 Å². The summed E-state index contributed by atoms with van der Waals surface area (Å²) >= 11 is 3.49. The molecule has 1 N–H and O–H groups in total. The van der Waals surface area contributed by atoms with E-state index in [1.165, 1.54) is 18.4 Å². The summed E-state index contributed by atoms with van der Waals surface area (Å²) in [5.74, 6) is 0. The van der Waals surface area contributed by atoms with Crippen LogP contribution in [0.5, 0.6) is 0 Å². The summed E-state index contributed by atoms with van der Waals surface area (Å²) in [7, 11) is 0. The zero-order chi connectivity index (χ0) is 13.0. The Morgan fingerprint density at radius 3 is 3.06 bits per heavy atom. The van der Waals surface area contributed by atoms with E-state index in [-0.39, 0.29) is 0 Å². The van der Waals surface area contributed by atoms with Crippen molar-refractivity contribution in [2.24, 2.45) is 0 Å². The lowest BCUT2D eigenvalue weighted by Crippen LogP contribution is -2.54. The molecule has 1 saturated heterocycles. The number of hydrogen-bond donors (Lipinski definition) is 1. The van der Waals surface area contributed by atoms with Crippen LogP contribution in [0.4, 0.5) is 0 Å². The molecule has 2 atom stereocenters. The lowest BCUT2D eigenvalue weighted by atomic mass is 10.1. The number of aromatic nitrogens is 1. The maximum Gasteiger partial charge on any atom is 0.0410 e. The number of piperazine rings is 1. The topological polar surface area (TPSA) is 28.2 Å². The van der Waals surface area contributed by atoms with Crippen LogP contribution in [0.3, 0.4) is 0 Å². The van der Waals surface area contributed by atoms with Gasteiger partial charge in [-0.1, -0.05) is 13.3 Å². The van der Waals surface area contributed by atoms with Gasteiger partial charge in [0.15, 0.2) is 0 Å². The first-order chi connectivity index (χ1) is 8.69. The van der Waals surface area contributed by atoms with Gasteiger partial charge in [-0.15, -0.1) is 0 Å². The third kappa shape index (κ3) is 3.77. The van der Waals surface area contributed by atoms with Crippen molar-refractivity contribution in [1.82, 2.24) is 15.2 Å². The van der Waals surface area contributed by atoms with Gasteiger partial charge in [-0.3, -0.25) is 9.88 Å². The van der Waals surface area contributed by atoms with Gasteiger partial charge in [0.1, 0.15) is 0 Å². The number of nitrogens with one attached hydrogen (secondary N) is 1. The van der Waals surface area contributed by atoms with Crippen LogP contribution >= 0.6 is 15.9 Å². The molecule has 0 amide bonds. The van der Waals surface area contributed by atoms with Crippen LogP contribution < -0.4 is 5.32 Å². The fourth-order valence-corrected chi connectivity index (χ4v) is 2.95. The van der Waals surface area contributed by atoms with Crippen LogP contribution in [0.2, 0.25) is 0 Å². The van der Waals surface area contributed by atoms with Crippen LogP contribution in [0.1, 0.15) is 32.3 Å². The molecule has 4 heteroatoms. The number of halogens is 1. The van der Waals surface area contributed by atoms with Crippen molar-refractivity contribution in [3.05, 3.63) is 28.5 Å². The minimum atomic E-state index is 0.595. The Labute approximate surface area is 118 Å². The highest BCUT2D eigenvalue weighted by Gasteiger charge is 2.24. The first-order valence-electron chi connectivity index (χ1n) is 6.76. The maximum absolute atomic E-state index is 4.24. The molecule has 1 fully saturated rings. The first-order valence-corrected chi connectivity index (χ1v) is 7.55. The molecule has 2 unspecified atom stereocenters. The molecule has 1 aromatic rings. The summed E-state index contributed by atoms with van der Waals surface area (Å²) in [5.41, 5.74) is 1.29. The third-order valence-electron chi connectivity index (χ3n) is 3.56. The summed E-state index contributed by atoms with van der Waals surface area (Å²) in [6.07, 6.45) is 6.32. The molecule has 0 aliphatic carbocycles. The van der Waals surface area contributed by atoms with Crippen LogP contribution in [0, 0.1) is 0 Å². The number of hydrogen-bond acceptors (Lipinski definition) is 3. The van der Waals surface area contributed by atoms with Crippen molar-refractivity contribution in [2.75, 3.05) is 13.1 Å². The summed E-state index contributed by atoms with van der Waals surface area (Å²) in [4.78, 5) is 6.80. The van der Waals surface area contributed by atoms with E-state index in [9.17, 15) is 0 Å². The zero-order valence-electron chi connectivity index (χ0n) is 11.2. The predicted molar refractivity (Wildman–Crippen MR) is 78.5 cm³/mol. The highest BCUT2D eigenvalue weighted by Crippen LogP contribution is 2.16. The first kappa shape index (κ1) is 14.0. The maximum atomic E-state index is 4.24. The molecule has 0 bridgehead atoms. The monoisotopic (exact) mass is 311 g/mol. The van der Waals surface area contributed by atoms with Crippen molar-refractivity contribution in [2.45, 2.75) is 45.3 Å². The van der Waals surface area contributed by atoms with E-state index in [0.717, 1.165) is 24.1 Å². The molecule has 1 aliphatic heterocycles. The van der Waals surface area contributed by atoms with Gasteiger partial charge >= 0.3 is 0 Å². The SMILES string of the molecule is CCCC1CN(Cc2cncc(Br)c2)C(C)CN1. The molecule has 2 rings (SSSR count). The van der Waals surface area contributed by atoms with Crippen molar-refractivity contribution in [1.29, 1.82) is 0 Å². The Bertz CT molecular complexity index is 383. The van der Waals surface area contributed by atoms with Gasteiger partial charge in [0.05, 0.1) is 0 Å². The predicted octanol–water partition coefficient (Wildman–Crippen LogP) is 2.81. The summed E-state index contributed by atoms with van der Waals surface area (Å²) in [6, 6.07) is 3.40. The molecule has 0 aromatic carbocycles. The van der Waals surface area contributed by atoms with Gasteiger partial charge < -0.3 is 5.32 Å². The normalized spacial score (nSPS) is 25.3. The molecule has 1 aliphatic rings. The third-order valence-corrected chi connectivity index (χ3v) is 4.00. The van der Waals surface area contributed by atoms with Gasteiger partial charge in [0.2, 0.25) is 0 Å². The minimum Gasteiger partial charge on any atom is -0.311 e. The molecule has 3 nitrogen and oxygen atoms in total. The van der Waals surface area contributed by atoms with E-state index in [0.29, 0.717) is 12.1 Å². The molecule has 2 heterocycles. The Balaban J connectivity index is 1.98. The minimum absolute atomic E-state index is 0.595. The van der Waals surface area contributed by atoms with E-state index < -0.39 is 0 Å². The molecule has 0 spiro atoms. The second kappa shape index (κ2) is 6.64. The molecule has 1 aromatic heterocycles. The quantitative estimate of drug-likeness (QED) is 0.927. The molecular weight excluding hydrogens is 290 g/mol. The van der Waals surface area contributed by atoms with Crippen LogP contribution in [-0.4, -0.2) is 35.1 Å². The molecular formula is C14H22BrN3. The highest BCUT2D eigenvalue weighted by atomic mass is 79.9. The lowest BCUT2D eigenvalue weighted by Gasteiger charge is -2.38. The number of nitrogens with zero attached hydrogens (tertiary/aromatic N) is 2. The lowest BCUT2D eigenvalue weighted by molar-refractivity contribution is 0.129. The van der Waals surface area contributed by atoms with Crippen molar-refractivity contribution < 1.29 is 0 Å². The molecule has 0 radical (unpaired) electrons. The zero-order valence-corrected chi connectivity index (χ0v) is 12.8. The van der Waals surface area contributed by atoms with E-state index in [4.69, 9.17) is 0 Å². The van der Waals surface area contributed by atoms with Gasteiger partial charge in [0, 0.05) is 48.6 Å². The van der Waals surface area contributed by atoms with Crippen LogP contribution in [0.15, 0.2) is 22.9 Å². The summed E-state index contributed by atoms with van der Waals surface area (Å²) < 4.78 is 1.06. The average molecular weight is 312 g/mol. The smallest absolute Gasteiger partial charge is 0.0410 e. The van der Waals surface area contributed by atoms with E-state index in [2.05, 4.69) is 51.0 Å². The molecule has 100 valence electrons. The fraction of sp³-hybridized carbons (Fsp3) is 0.643. The Morgan fingerprint density at radius 1 is 1.50 bits per heavy atom. The number of pyridine rings is 1. The van der Waals surface area contributed by atoms with E-state index >= 15 is 0 Å². The van der Waals surface area contributed by atoms with Crippen LogP contribution in [-0.2, 0) is 6.54 Å². The largest absolute Gasteiger partial charge is 0.311 e. The Kier molecular flexibility index (Phi) is 5.15.